The van der Waals surface area contributed by atoms with Crippen molar-refractivity contribution in [2.24, 2.45) is 5.92 Å². The molecule has 0 bridgehead atoms. The number of rotatable bonds is 8. The maximum Gasteiger partial charge on any atom is 0.410 e. The zero-order valence-electron chi connectivity index (χ0n) is 20.0. The summed E-state index contributed by atoms with van der Waals surface area (Å²) in [7, 11) is -3.06. The summed E-state index contributed by atoms with van der Waals surface area (Å²) in [6, 6.07) is 5.46. The first-order valence-electron chi connectivity index (χ1n) is 11.7. The maximum atomic E-state index is 12.2. The van der Waals surface area contributed by atoms with Crippen LogP contribution >= 0.6 is 15.9 Å². The monoisotopic (exact) mass is 545 g/mol. The van der Waals surface area contributed by atoms with E-state index in [0.29, 0.717) is 25.6 Å². The number of halogens is 1. The first-order chi connectivity index (χ1) is 15.4. The number of hydrogen-bond acceptors (Lipinski definition) is 6. The zero-order valence-corrected chi connectivity index (χ0v) is 22.4. The second kappa shape index (κ2) is 11.0. The van der Waals surface area contributed by atoms with E-state index in [-0.39, 0.29) is 29.8 Å². The third kappa shape index (κ3) is 8.14. The zero-order chi connectivity index (χ0) is 24.2. The number of amides is 1. The van der Waals surface area contributed by atoms with Crippen molar-refractivity contribution in [2.75, 3.05) is 25.4 Å². The van der Waals surface area contributed by atoms with E-state index < -0.39 is 15.4 Å². The molecule has 0 spiro atoms. The van der Waals surface area contributed by atoms with Crippen molar-refractivity contribution in [2.45, 2.75) is 76.9 Å². The molecule has 1 heterocycles. The van der Waals surface area contributed by atoms with Crippen molar-refractivity contribution < 1.29 is 27.4 Å². The van der Waals surface area contributed by atoms with E-state index in [1.807, 2.05) is 39.0 Å². The van der Waals surface area contributed by atoms with Crippen LogP contribution in [0, 0.1) is 5.92 Å². The van der Waals surface area contributed by atoms with Gasteiger partial charge in [0, 0.05) is 38.3 Å². The lowest BCUT2D eigenvalue weighted by Crippen LogP contribution is -2.43. The van der Waals surface area contributed by atoms with Crippen LogP contribution in [0.25, 0.3) is 0 Å². The maximum absolute atomic E-state index is 12.2. The summed E-state index contributed by atoms with van der Waals surface area (Å²) < 4.78 is 42.0. The molecule has 1 aliphatic carbocycles. The van der Waals surface area contributed by atoms with Gasteiger partial charge in [0.05, 0.1) is 16.3 Å². The molecule has 1 aromatic rings. The number of nitrogens with zero attached hydrogens (tertiary/aromatic N) is 1. The largest absolute Gasteiger partial charge is 0.489 e. The highest BCUT2D eigenvalue weighted by atomic mass is 79.9. The molecular weight excluding hydrogens is 510 g/mol. The van der Waals surface area contributed by atoms with Gasteiger partial charge in [-0.05, 0) is 73.2 Å². The van der Waals surface area contributed by atoms with Crippen LogP contribution < -0.4 is 4.74 Å². The van der Waals surface area contributed by atoms with E-state index in [4.69, 9.17) is 14.2 Å². The van der Waals surface area contributed by atoms with Gasteiger partial charge in [0.1, 0.15) is 17.5 Å². The molecule has 2 aliphatic rings. The molecule has 0 unspecified atom stereocenters. The highest BCUT2D eigenvalue weighted by Crippen LogP contribution is 2.34. The predicted molar refractivity (Wildman–Crippen MR) is 131 cm³/mol. The molecule has 1 saturated heterocycles. The summed E-state index contributed by atoms with van der Waals surface area (Å²) in [4.78, 5) is 14.0. The molecule has 3 rings (SSSR count). The fraction of sp³-hybridized carbons (Fsp3) is 0.708. The van der Waals surface area contributed by atoms with Crippen molar-refractivity contribution in [3.63, 3.8) is 0 Å². The van der Waals surface area contributed by atoms with E-state index in [2.05, 4.69) is 15.9 Å². The Kier molecular flexibility index (Phi) is 8.72. The average Bonchev–Trinajstić information content (AvgIpc) is 2.70. The lowest BCUT2D eigenvalue weighted by molar-refractivity contribution is -0.0764. The second-order valence-corrected chi connectivity index (χ2v) is 13.2. The van der Waals surface area contributed by atoms with Gasteiger partial charge < -0.3 is 19.1 Å². The highest BCUT2D eigenvalue weighted by Gasteiger charge is 2.33. The molecule has 0 aromatic heterocycles. The summed E-state index contributed by atoms with van der Waals surface area (Å²) >= 11 is 3.50. The number of ether oxygens (including phenoxy) is 3. The van der Waals surface area contributed by atoms with Gasteiger partial charge >= 0.3 is 6.09 Å². The van der Waals surface area contributed by atoms with E-state index in [0.717, 1.165) is 41.5 Å². The van der Waals surface area contributed by atoms with Gasteiger partial charge in [-0.25, -0.2) is 13.2 Å². The predicted octanol–water partition coefficient (Wildman–Crippen LogP) is 4.96. The van der Waals surface area contributed by atoms with Crippen molar-refractivity contribution >= 4 is 31.9 Å². The van der Waals surface area contributed by atoms with Crippen LogP contribution in [0.3, 0.4) is 0 Å². The third-order valence-electron chi connectivity index (χ3n) is 6.00. The van der Waals surface area contributed by atoms with Gasteiger partial charge in [-0.1, -0.05) is 13.0 Å². The summed E-state index contributed by atoms with van der Waals surface area (Å²) in [5.41, 5.74) is 0.288. The van der Waals surface area contributed by atoms with Crippen LogP contribution in [-0.2, 0) is 25.1 Å². The molecule has 0 N–H and O–H groups in total. The highest BCUT2D eigenvalue weighted by molar-refractivity contribution is 9.10. The Balaban J connectivity index is 1.34. The molecule has 1 aliphatic heterocycles. The van der Waals surface area contributed by atoms with Gasteiger partial charge in [-0.2, -0.15) is 0 Å². The van der Waals surface area contributed by atoms with Crippen LogP contribution in [0.2, 0.25) is 0 Å². The van der Waals surface area contributed by atoms with Crippen molar-refractivity contribution in [1.29, 1.82) is 0 Å². The Morgan fingerprint density at radius 3 is 2.39 bits per heavy atom. The molecule has 2 fully saturated rings. The van der Waals surface area contributed by atoms with Crippen molar-refractivity contribution in [3.05, 3.63) is 28.2 Å². The Morgan fingerprint density at radius 2 is 1.82 bits per heavy atom. The standard InChI is InChI=1S/C24H36BrNO6S/c1-5-33(28,29)16-18-6-7-22(21(25)12-18)31-20-13-19(14-20)30-15-17-8-10-26(11-9-17)23(27)32-24(2,3)4/h6-7,12,17,19-20H,5,8-11,13-16H2,1-4H3. The Bertz CT molecular complexity index is 915. The first-order valence-corrected chi connectivity index (χ1v) is 14.3. The van der Waals surface area contributed by atoms with Gasteiger partial charge in [-0.15, -0.1) is 0 Å². The van der Waals surface area contributed by atoms with Crippen molar-refractivity contribution in [3.8, 4) is 5.75 Å². The van der Waals surface area contributed by atoms with Crippen LogP contribution in [0.1, 0.15) is 58.9 Å². The van der Waals surface area contributed by atoms with E-state index >= 15 is 0 Å². The number of hydrogen-bond donors (Lipinski definition) is 0. The fourth-order valence-electron chi connectivity index (χ4n) is 3.90. The smallest absolute Gasteiger partial charge is 0.410 e. The average molecular weight is 547 g/mol. The van der Waals surface area contributed by atoms with Gasteiger partial charge in [0.15, 0.2) is 9.84 Å². The lowest BCUT2D eigenvalue weighted by atomic mass is 9.91. The summed E-state index contributed by atoms with van der Waals surface area (Å²) in [6.45, 7) is 9.44. The van der Waals surface area contributed by atoms with E-state index in [1.165, 1.54) is 0 Å². The number of likely N-dealkylation sites (tertiary alicyclic amines) is 1. The molecule has 1 amide bonds. The normalized spacial score (nSPS) is 22.0. The van der Waals surface area contributed by atoms with Gasteiger partial charge in [0.2, 0.25) is 0 Å². The minimum Gasteiger partial charge on any atom is -0.489 e. The Morgan fingerprint density at radius 1 is 1.15 bits per heavy atom. The molecule has 186 valence electrons. The number of piperidine rings is 1. The van der Waals surface area contributed by atoms with Crippen LogP contribution in [-0.4, -0.2) is 62.7 Å². The number of sulfone groups is 1. The Hall–Kier alpha value is -1.32. The lowest BCUT2D eigenvalue weighted by Gasteiger charge is -2.37. The summed E-state index contributed by atoms with van der Waals surface area (Å²) in [5.74, 6) is 1.36. The van der Waals surface area contributed by atoms with Crippen LogP contribution in [0.5, 0.6) is 5.75 Å². The molecule has 0 atom stereocenters. The number of carbonyl (C=O) groups is 1. The van der Waals surface area contributed by atoms with Crippen LogP contribution in [0.4, 0.5) is 4.79 Å². The fourth-order valence-corrected chi connectivity index (χ4v) is 5.31. The second-order valence-electron chi connectivity index (χ2n) is 10.0. The minimum absolute atomic E-state index is 0.0401. The number of carbonyl (C=O) groups excluding carboxylic acids is 1. The topological polar surface area (TPSA) is 82.1 Å². The first kappa shape index (κ1) is 26.3. The minimum atomic E-state index is -3.06. The van der Waals surface area contributed by atoms with E-state index in [1.54, 1.807) is 11.8 Å². The van der Waals surface area contributed by atoms with E-state index in [9.17, 15) is 13.2 Å². The SMILES string of the molecule is CCS(=O)(=O)Cc1ccc(OC2CC(OCC3CCN(C(=O)OC(C)(C)C)CC3)C2)c(Br)c1. The molecule has 33 heavy (non-hydrogen) atoms. The molecular formula is C24H36BrNO6S. The van der Waals surface area contributed by atoms with Gasteiger partial charge in [0.25, 0.3) is 0 Å². The molecule has 9 heteroatoms. The molecule has 1 aromatic carbocycles. The molecule has 1 saturated carbocycles. The molecule has 0 radical (unpaired) electrons. The summed E-state index contributed by atoms with van der Waals surface area (Å²) in [6.07, 6.45) is 3.62. The Labute approximate surface area is 206 Å². The quantitative estimate of drug-likeness (QED) is 0.459. The number of benzene rings is 1. The van der Waals surface area contributed by atoms with Crippen LogP contribution in [0.15, 0.2) is 22.7 Å². The van der Waals surface area contributed by atoms with Gasteiger partial charge in [-0.3, -0.25) is 0 Å². The molecule has 7 nitrogen and oxygen atoms in total. The van der Waals surface area contributed by atoms with Crippen molar-refractivity contribution in [1.82, 2.24) is 4.90 Å². The summed E-state index contributed by atoms with van der Waals surface area (Å²) in [5, 5.41) is 0. The third-order valence-corrected chi connectivity index (χ3v) is 8.27.